The van der Waals surface area contributed by atoms with Crippen molar-refractivity contribution in [3.8, 4) is 11.5 Å². The minimum Gasteiger partial charge on any atom is -0.507 e. The van der Waals surface area contributed by atoms with E-state index in [4.69, 9.17) is 15.0 Å². The average molecular weight is 439 g/mol. The van der Waals surface area contributed by atoms with Crippen molar-refractivity contribution in [2.45, 2.75) is 50.9 Å². The molecular weight excluding hydrogens is 418 g/mol. The van der Waals surface area contributed by atoms with Crippen LogP contribution in [-0.4, -0.2) is 51.4 Å². The Hall–Kier alpha value is -3.43. The van der Waals surface area contributed by atoms with Gasteiger partial charge < -0.3 is 24.8 Å². The summed E-state index contributed by atoms with van der Waals surface area (Å²) in [4.78, 5) is 28.6. The number of carbonyl (C=O) groups is 2. The number of azide groups is 1. The Morgan fingerprint density at radius 1 is 1.19 bits per heavy atom. The van der Waals surface area contributed by atoms with Crippen LogP contribution >= 0.6 is 0 Å². The molecule has 1 saturated heterocycles. The highest BCUT2D eigenvalue weighted by molar-refractivity contribution is 6.30. The summed E-state index contributed by atoms with van der Waals surface area (Å²) in [6.45, 7) is 3.18. The molecule has 4 rings (SSSR count). The molecule has 0 radical (unpaired) electrons. The predicted molar refractivity (Wildman–Crippen MR) is 110 cm³/mol. The molecule has 1 aliphatic carbocycles. The Kier molecular flexibility index (Phi) is 5.62. The maximum Gasteiger partial charge on any atom is 0.198 e. The van der Waals surface area contributed by atoms with E-state index in [1.54, 1.807) is 26.0 Å². The monoisotopic (exact) mass is 439 g/mol. The van der Waals surface area contributed by atoms with E-state index in [-0.39, 0.29) is 34.2 Å². The van der Waals surface area contributed by atoms with Gasteiger partial charge in [0, 0.05) is 28.0 Å². The highest BCUT2D eigenvalue weighted by Gasteiger charge is 2.38. The van der Waals surface area contributed by atoms with E-state index < -0.39 is 53.7 Å². The van der Waals surface area contributed by atoms with E-state index in [2.05, 4.69) is 10.0 Å². The Morgan fingerprint density at radius 2 is 1.81 bits per heavy atom. The number of aromatic hydroxyl groups is 2. The first-order chi connectivity index (χ1) is 15.2. The summed E-state index contributed by atoms with van der Waals surface area (Å²) < 4.78 is 11.5. The number of fused-ring (bicyclic) bond motifs is 2. The maximum atomic E-state index is 13.0. The van der Waals surface area contributed by atoms with Crippen LogP contribution in [0.2, 0.25) is 0 Å². The van der Waals surface area contributed by atoms with Gasteiger partial charge in [0.2, 0.25) is 0 Å². The van der Waals surface area contributed by atoms with E-state index in [0.29, 0.717) is 0 Å². The van der Waals surface area contributed by atoms with Crippen molar-refractivity contribution >= 4 is 11.6 Å². The number of phenolic OH excluding ortho intramolecular Hbond substituents is 2. The van der Waals surface area contributed by atoms with Gasteiger partial charge in [0.05, 0.1) is 35.5 Å². The molecule has 3 N–H and O–H groups in total. The minimum absolute atomic E-state index is 0.0718. The summed E-state index contributed by atoms with van der Waals surface area (Å²) in [6, 6.07) is 6.62. The molecule has 32 heavy (non-hydrogen) atoms. The van der Waals surface area contributed by atoms with E-state index >= 15 is 0 Å². The number of ether oxygens (including phenoxy) is 2. The second kappa shape index (κ2) is 8.25. The molecule has 0 aromatic heterocycles. The zero-order valence-electron chi connectivity index (χ0n) is 17.3. The number of aliphatic hydroxyl groups excluding tert-OH is 1. The van der Waals surface area contributed by atoms with Gasteiger partial charge in [-0.2, -0.15) is 0 Å². The minimum atomic E-state index is -0.994. The van der Waals surface area contributed by atoms with Crippen LogP contribution in [-0.2, 0) is 9.47 Å². The molecule has 0 saturated carbocycles. The van der Waals surface area contributed by atoms with Crippen LogP contribution in [0.15, 0.2) is 35.4 Å². The lowest BCUT2D eigenvalue weighted by Crippen LogP contribution is -2.46. The first-order valence-corrected chi connectivity index (χ1v) is 10.0. The van der Waals surface area contributed by atoms with Crippen LogP contribution in [0.4, 0.5) is 0 Å². The first-order valence-electron chi connectivity index (χ1n) is 10.0. The first kappa shape index (κ1) is 21.8. The molecule has 10 nitrogen and oxygen atoms in total. The van der Waals surface area contributed by atoms with Gasteiger partial charge >= 0.3 is 0 Å². The van der Waals surface area contributed by atoms with Crippen molar-refractivity contribution in [3.63, 3.8) is 0 Å². The van der Waals surface area contributed by atoms with E-state index in [9.17, 15) is 24.9 Å². The number of nitrogens with zero attached hydrogens (tertiary/aromatic N) is 3. The second-order valence-corrected chi connectivity index (χ2v) is 7.83. The smallest absolute Gasteiger partial charge is 0.198 e. The molecule has 1 aliphatic heterocycles. The topological polar surface area (TPSA) is 162 Å². The molecule has 2 aliphatic rings. The molecule has 0 unspecified atom stereocenters. The maximum absolute atomic E-state index is 13.0. The van der Waals surface area contributed by atoms with Gasteiger partial charge in [-0.3, -0.25) is 9.59 Å². The van der Waals surface area contributed by atoms with Gasteiger partial charge in [-0.25, -0.2) is 0 Å². The second-order valence-electron chi connectivity index (χ2n) is 7.83. The van der Waals surface area contributed by atoms with Gasteiger partial charge in [0.1, 0.15) is 11.5 Å². The van der Waals surface area contributed by atoms with Gasteiger partial charge in [0.15, 0.2) is 17.9 Å². The summed E-state index contributed by atoms with van der Waals surface area (Å²) in [7, 11) is 0. The number of aliphatic hydroxyl groups is 1. The summed E-state index contributed by atoms with van der Waals surface area (Å²) in [6.07, 6.45) is -3.34. The van der Waals surface area contributed by atoms with Crippen LogP contribution in [0.3, 0.4) is 0 Å². The Labute approximate surface area is 182 Å². The zero-order valence-corrected chi connectivity index (χ0v) is 17.3. The number of hydrogen-bond donors (Lipinski definition) is 3. The zero-order chi connectivity index (χ0) is 23.2. The molecule has 1 fully saturated rings. The van der Waals surface area contributed by atoms with Gasteiger partial charge in [-0.15, -0.1) is 0 Å². The Bertz CT molecular complexity index is 1160. The third kappa shape index (κ3) is 3.49. The SMILES string of the molecule is C[C@H](O[C@H]1C[C@H](N=[N+]=[N-])[C@@H](O)[C@H](C)O1)c1cc(O)c2c(c1O)C(=O)c1ccccc1C2=O. The molecule has 166 valence electrons. The lowest BCUT2D eigenvalue weighted by atomic mass is 9.81. The van der Waals surface area contributed by atoms with Crippen LogP contribution in [0, 0.1) is 0 Å². The fraction of sp³-hybridized carbons (Fsp3) is 0.364. The molecule has 0 bridgehead atoms. The number of ketones is 2. The molecule has 2 aromatic carbocycles. The average Bonchev–Trinajstić information content (AvgIpc) is 2.76. The van der Waals surface area contributed by atoms with E-state index in [0.717, 1.165) is 0 Å². The number of phenols is 2. The Balaban J connectivity index is 1.67. The van der Waals surface area contributed by atoms with Crippen LogP contribution in [0.5, 0.6) is 11.5 Å². The molecule has 10 heteroatoms. The molecule has 2 aromatic rings. The normalized spacial score (nSPS) is 25.5. The van der Waals surface area contributed by atoms with Gasteiger partial charge in [0.25, 0.3) is 0 Å². The largest absolute Gasteiger partial charge is 0.507 e. The van der Waals surface area contributed by atoms with Crippen molar-refractivity contribution in [1.82, 2.24) is 0 Å². The predicted octanol–water partition coefficient (Wildman–Crippen LogP) is 3.13. The molecule has 0 spiro atoms. The quantitative estimate of drug-likeness (QED) is 0.243. The summed E-state index contributed by atoms with van der Waals surface area (Å²) in [5.74, 6) is -2.05. The Morgan fingerprint density at radius 3 is 2.44 bits per heavy atom. The van der Waals surface area contributed by atoms with Crippen LogP contribution in [0.1, 0.15) is 63.8 Å². The van der Waals surface area contributed by atoms with E-state index in [1.165, 1.54) is 18.2 Å². The highest BCUT2D eigenvalue weighted by atomic mass is 16.7. The summed E-state index contributed by atoms with van der Waals surface area (Å²) in [5.41, 5.74) is 8.56. The van der Waals surface area contributed by atoms with Crippen LogP contribution < -0.4 is 0 Å². The number of carbonyl (C=O) groups excluding carboxylic acids is 2. The van der Waals surface area contributed by atoms with Gasteiger partial charge in [-0.1, -0.05) is 29.4 Å². The van der Waals surface area contributed by atoms with Crippen molar-refractivity contribution in [2.75, 3.05) is 0 Å². The summed E-state index contributed by atoms with van der Waals surface area (Å²) >= 11 is 0. The van der Waals surface area contributed by atoms with Crippen molar-refractivity contribution in [3.05, 3.63) is 68.6 Å². The standard InChI is InChI=1S/C22H21N3O7/c1-9(31-16-8-14(24-25-23)19(27)10(2)32-16)13-7-15(26)17-18(22(13)30)21(29)12-6-4-3-5-11(12)20(17)28/h3-7,9-10,14,16,19,26-27,30H,8H2,1-2H3/t9-,10-,14-,16+,19-/m0/s1. The fourth-order valence-corrected chi connectivity index (χ4v) is 4.18. The third-order valence-corrected chi connectivity index (χ3v) is 5.85. The molecule has 0 amide bonds. The van der Waals surface area contributed by atoms with Crippen LogP contribution in [0.25, 0.3) is 10.4 Å². The van der Waals surface area contributed by atoms with Crippen molar-refractivity contribution in [1.29, 1.82) is 0 Å². The molecule has 5 atom stereocenters. The van der Waals surface area contributed by atoms with Gasteiger partial charge in [-0.05, 0) is 25.4 Å². The molecule has 1 heterocycles. The molecular formula is C22H21N3O7. The highest BCUT2D eigenvalue weighted by Crippen LogP contribution is 2.43. The lowest BCUT2D eigenvalue weighted by Gasteiger charge is -2.37. The van der Waals surface area contributed by atoms with Crippen molar-refractivity contribution < 1.29 is 34.4 Å². The number of benzene rings is 2. The summed E-state index contributed by atoms with van der Waals surface area (Å²) in [5, 5.41) is 35.1. The fourth-order valence-electron chi connectivity index (χ4n) is 4.18. The third-order valence-electron chi connectivity index (χ3n) is 5.85. The van der Waals surface area contributed by atoms with Crippen molar-refractivity contribution in [2.24, 2.45) is 5.11 Å². The van der Waals surface area contributed by atoms with E-state index in [1.807, 2.05) is 0 Å². The number of rotatable bonds is 4. The number of hydrogen-bond acceptors (Lipinski definition) is 8. The lowest BCUT2D eigenvalue weighted by molar-refractivity contribution is -0.238.